The molecule has 0 unspecified atom stereocenters. The number of benzene rings is 2. The van der Waals surface area contributed by atoms with Gasteiger partial charge in [-0.2, -0.15) is 5.26 Å². The second-order valence-corrected chi connectivity index (χ2v) is 4.20. The van der Waals surface area contributed by atoms with Gasteiger partial charge in [0.25, 0.3) is 0 Å². The Bertz CT molecular complexity index is 805. The van der Waals surface area contributed by atoms with Gasteiger partial charge in [-0.15, -0.1) is 0 Å². The minimum Gasteiger partial charge on any atom is -0.489 e. The molecule has 2 aromatic carbocycles. The normalized spacial score (nSPS) is 10.4. The largest absolute Gasteiger partial charge is 0.489 e. The van der Waals surface area contributed by atoms with Gasteiger partial charge in [-0.3, -0.25) is 0 Å². The molecule has 0 amide bonds. The molecule has 0 N–H and O–H groups in total. The third-order valence-electron chi connectivity index (χ3n) is 2.86. The Labute approximate surface area is 114 Å². The molecule has 0 spiro atoms. The van der Waals surface area contributed by atoms with Crippen molar-refractivity contribution in [2.24, 2.45) is 0 Å². The molecule has 0 radical (unpaired) electrons. The van der Waals surface area contributed by atoms with Crippen LogP contribution in [0.1, 0.15) is 11.1 Å². The number of fused-ring (bicyclic) bond motifs is 1. The molecule has 0 bridgehead atoms. The Morgan fingerprint density at radius 1 is 1.25 bits per heavy atom. The molecule has 1 heterocycles. The molecule has 1 aromatic heterocycles. The summed E-state index contributed by atoms with van der Waals surface area (Å²) in [4.78, 5) is 4.02. The van der Waals surface area contributed by atoms with E-state index in [0.29, 0.717) is 11.3 Å². The van der Waals surface area contributed by atoms with E-state index < -0.39 is 5.82 Å². The van der Waals surface area contributed by atoms with Crippen LogP contribution in [0.5, 0.6) is 5.75 Å². The van der Waals surface area contributed by atoms with E-state index in [4.69, 9.17) is 14.4 Å². The maximum atomic E-state index is 13.4. The molecular formula is C15H9FN2O2. The fourth-order valence-corrected chi connectivity index (χ4v) is 1.83. The minimum atomic E-state index is -0.587. The van der Waals surface area contributed by atoms with E-state index in [1.165, 1.54) is 18.5 Å². The first-order chi connectivity index (χ1) is 9.76. The third-order valence-corrected chi connectivity index (χ3v) is 2.86. The Kier molecular flexibility index (Phi) is 3.05. The maximum absolute atomic E-state index is 13.4. The van der Waals surface area contributed by atoms with Gasteiger partial charge < -0.3 is 9.15 Å². The van der Waals surface area contributed by atoms with Gasteiger partial charge in [0.2, 0.25) is 0 Å². The van der Waals surface area contributed by atoms with Crippen molar-refractivity contribution in [1.29, 1.82) is 5.26 Å². The SMILES string of the molecule is N#Cc1ccc(OCc2ccc3ncoc3c2)cc1F. The van der Waals surface area contributed by atoms with Gasteiger partial charge in [-0.05, 0) is 29.8 Å². The number of aromatic nitrogens is 1. The molecule has 5 heteroatoms. The van der Waals surface area contributed by atoms with E-state index in [-0.39, 0.29) is 12.2 Å². The van der Waals surface area contributed by atoms with Gasteiger partial charge >= 0.3 is 0 Å². The van der Waals surface area contributed by atoms with Crippen molar-refractivity contribution in [3.8, 4) is 11.8 Å². The van der Waals surface area contributed by atoms with Crippen LogP contribution < -0.4 is 4.74 Å². The third kappa shape index (κ3) is 2.31. The molecule has 4 nitrogen and oxygen atoms in total. The lowest BCUT2D eigenvalue weighted by Gasteiger charge is -2.06. The smallest absolute Gasteiger partial charge is 0.181 e. The molecule has 98 valence electrons. The number of hydrogen-bond donors (Lipinski definition) is 0. The number of nitriles is 1. The first-order valence-electron chi connectivity index (χ1n) is 5.91. The summed E-state index contributed by atoms with van der Waals surface area (Å²) in [5.41, 5.74) is 2.34. The van der Waals surface area contributed by atoms with Crippen LogP contribution >= 0.6 is 0 Å². The number of hydrogen-bond acceptors (Lipinski definition) is 4. The lowest BCUT2D eigenvalue weighted by atomic mass is 10.2. The topological polar surface area (TPSA) is 59.0 Å². The first-order valence-corrected chi connectivity index (χ1v) is 5.91. The second-order valence-electron chi connectivity index (χ2n) is 4.20. The van der Waals surface area contributed by atoms with E-state index in [2.05, 4.69) is 4.98 Å². The molecule has 0 atom stereocenters. The average Bonchev–Trinajstić information content (AvgIpc) is 2.92. The first kappa shape index (κ1) is 12.2. The molecule has 0 saturated heterocycles. The number of oxazole rings is 1. The zero-order valence-electron chi connectivity index (χ0n) is 10.3. The molecule has 0 aliphatic heterocycles. The van der Waals surface area contributed by atoms with Crippen LogP contribution in [0.15, 0.2) is 47.2 Å². The highest BCUT2D eigenvalue weighted by atomic mass is 19.1. The van der Waals surface area contributed by atoms with Crippen molar-refractivity contribution in [1.82, 2.24) is 4.98 Å². The fourth-order valence-electron chi connectivity index (χ4n) is 1.83. The molecule has 0 saturated carbocycles. The highest BCUT2D eigenvalue weighted by Crippen LogP contribution is 2.19. The van der Waals surface area contributed by atoms with Crippen molar-refractivity contribution in [3.05, 3.63) is 59.7 Å². The molecule has 0 aliphatic carbocycles. The standard InChI is InChI=1S/C15H9FN2O2/c16-13-6-12(3-2-11(13)7-17)19-8-10-1-4-14-15(5-10)20-9-18-14/h1-6,9H,8H2. The Morgan fingerprint density at radius 2 is 2.15 bits per heavy atom. The predicted octanol–water partition coefficient (Wildman–Crippen LogP) is 3.42. The van der Waals surface area contributed by atoms with Gasteiger partial charge in [-0.1, -0.05) is 6.07 Å². The van der Waals surface area contributed by atoms with Crippen molar-refractivity contribution < 1.29 is 13.5 Å². The van der Waals surface area contributed by atoms with Crippen molar-refractivity contribution >= 4 is 11.1 Å². The van der Waals surface area contributed by atoms with Crippen molar-refractivity contribution in [2.75, 3.05) is 0 Å². The minimum absolute atomic E-state index is 0.000398. The highest BCUT2D eigenvalue weighted by Gasteiger charge is 2.05. The number of ether oxygens (including phenoxy) is 1. The van der Waals surface area contributed by atoms with Crippen LogP contribution in [-0.2, 0) is 6.61 Å². The second kappa shape index (κ2) is 5.02. The summed E-state index contributed by atoms with van der Waals surface area (Å²) >= 11 is 0. The quantitative estimate of drug-likeness (QED) is 0.730. The lowest BCUT2D eigenvalue weighted by molar-refractivity contribution is 0.304. The highest BCUT2D eigenvalue weighted by molar-refractivity contribution is 5.72. The monoisotopic (exact) mass is 268 g/mol. The zero-order chi connectivity index (χ0) is 13.9. The molecule has 0 aliphatic rings. The summed E-state index contributed by atoms with van der Waals surface area (Å²) in [7, 11) is 0. The van der Waals surface area contributed by atoms with Crippen LogP contribution in [0.4, 0.5) is 4.39 Å². The molecule has 3 rings (SSSR count). The van der Waals surface area contributed by atoms with Gasteiger partial charge in [-0.25, -0.2) is 9.37 Å². The summed E-state index contributed by atoms with van der Waals surface area (Å²) in [6.07, 6.45) is 1.38. The summed E-state index contributed by atoms with van der Waals surface area (Å²) in [5, 5.41) is 8.65. The van der Waals surface area contributed by atoms with Gasteiger partial charge in [0.1, 0.15) is 29.8 Å². The van der Waals surface area contributed by atoms with Crippen LogP contribution in [0.2, 0.25) is 0 Å². The number of rotatable bonds is 3. The summed E-state index contributed by atoms with van der Waals surface area (Å²) in [6.45, 7) is 0.280. The Morgan fingerprint density at radius 3 is 2.95 bits per heavy atom. The summed E-state index contributed by atoms with van der Waals surface area (Å²) in [5.74, 6) is -0.213. The summed E-state index contributed by atoms with van der Waals surface area (Å²) in [6, 6.07) is 11.4. The van der Waals surface area contributed by atoms with Crippen molar-refractivity contribution in [2.45, 2.75) is 6.61 Å². The van der Waals surface area contributed by atoms with Gasteiger partial charge in [0.15, 0.2) is 12.0 Å². The van der Waals surface area contributed by atoms with E-state index in [1.54, 1.807) is 12.1 Å². The molecule has 20 heavy (non-hydrogen) atoms. The Hall–Kier alpha value is -2.87. The lowest BCUT2D eigenvalue weighted by Crippen LogP contribution is -1.96. The van der Waals surface area contributed by atoms with Crippen LogP contribution in [0.3, 0.4) is 0 Å². The maximum Gasteiger partial charge on any atom is 0.181 e. The number of nitrogens with zero attached hydrogens (tertiary/aromatic N) is 2. The van der Waals surface area contributed by atoms with Crippen LogP contribution in [0.25, 0.3) is 11.1 Å². The van der Waals surface area contributed by atoms with Crippen LogP contribution in [-0.4, -0.2) is 4.98 Å². The van der Waals surface area contributed by atoms with E-state index in [0.717, 1.165) is 11.1 Å². The predicted molar refractivity (Wildman–Crippen MR) is 69.5 cm³/mol. The van der Waals surface area contributed by atoms with Crippen molar-refractivity contribution in [3.63, 3.8) is 0 Å². The fraction of sp³-hybridized carbons (Fsp3) is 0.0667. The van der Waals surface area contributed by atoms with E-state index >= 15 is 0 Å². The zero-order valence-corrected chi connectivity index (χ0v) is 10.3. The van der Waals surface area contributed by atoms with E-state index in [9.17, 15) is 4.39 Å². The molecular weight excluding hydrogens is 259 g/mol. The average molecular weight is 268 g/mol. The summed E-state index contributed by atoms with van der Waals surface area (Å²) < 4.78 is 24.1. The molecule has 3 aromatic rings. The van der Waals surface area contributed by atoms with Gasteiger partial charge in [0.05, 0.1) is 5.56 Å². The molecule has 0 fully saturated rings. The number of halogens is 1. The van der Waals surface area contributed by atoms with Crippen LogP contribution in [0, 0.1) is 17.1 Å². The van der Waals surface area contributed by atoms with Gasteiger partial charge in [0, 0.05) is 6.07 Å². The Balaban J connectivity index is 1.75. The van der Waals surface area contributed by atoms with E-state index in [1.807, 2.05) is 18.2 Å².